The average molecular weight is 303 g/mol. The minimum atomic E-state index is -3.66. The third-order valence-electron chi connectivity index (χ3n) is 2.94. The van der Waals surface area contributed by atoms with Crippen molar-refractivity contribution in [2.24, 2.45) is 0 Å². The molecule has 21 heavy (non-hydrogen) atoms. The first kappa shape index (κ1) is 13.4. The quantitative estimate of drug-likeness (QED) is 0.724. The Morgan fingerprint density at radius 1 is 1.14 bits per heavy atom. The van der Waals surface area contributed by atoms with Gasteiger partial charge in [0.2, 0.25) is 0 Å². The Morgan fingerprint density at radius 3 is 2.57 bits per heavy atom. The summed E-state index contributed by atoms with van der Waals surface area (Å²) >= 11 is 0. The third-order valence-corrected chi connectivity index (χ3v) is 4.33. The summed E-state index contributed by atoms with van der Waals surface area (Å²) in [5.41, 5.74) is 7.70. The Hall–Kier alpha value is -2.54. The first-order valence-corrected chi connectivity index (χ1v) is 7.68. The van der Waals surface area contributed by atoms with Crippen LogP contribution in [0.3, 0.4) is 0 Å². The van der Waals surface area contributed by atoms with Crippen molar-refractivity contribution in [1.82, 2.24) is 4.98 Å². The number of nitrogens with two attached hydrogens (primary N) is 1. The molecule has 0 saturated heterocycles. The number of benzene rings is 2. The lowest BCUT2D eigenvalue weighted by Crippen LogP contribution is -2.12. The number of hydrogen-bond acceptors (Lipinski definition) is 5. The van der Waals surface area contributed by atoms with Gasteiger partial charge in [-0.2, -0.15) is 0 Å². The second kappa shape index (κ2) is 4.78. The molecule has 3 N–H and O–H groups in total. The van der Waals surface area contributed by atoms with Gasteiger partial charge in [-0.3, -0.25) is 4.72 Å². The summed E-state index contributed by atoms with van der Waals surface area (Å²) < 4.78 is 32.4. The molecule has 0 amide bonds. The highest BCUT2D eigenvalue weighted by atomic mass is 32.2. The van der Waals surface area contributed by atoms with Crippen molar-refractivity contribution < 1.29 is 12.8 Å². The number of oxazole rings is 1. The van der Waals surface area contributed by atoms with Gasteiger partial charge < -0.3 is 10.2 Å². The largest absolute Gasteiger partial charge is 0.441 e. The number of fused-ring (bicyclic) bond motifs is 1. The average Bonchev–Trinajstić information content (AvgIpc) is 2.78. The molecule has 0 aliphatic carbocycles. The number of nitrogens with zero attached hydrogens (tertiary/aromatic N) is 1. The van der Waals surface area contributed by atoms with Crippen LogP contribution in [0.15, 0.2) is 51.8 Å². The monoisotopic (exact) mass is 303 g/mol. The number of anilines is 2. The van der Waals surface area contributed by atoms with Crippen molar-refractivity contribution in [2.75, 3.05) is 10.5 Å². The molecular weight excluding hydrogens is 290 g/mol. The Morgan fingerprint density at radius 2 is 1.86 bits per heavy atom. The molecule has 0 aliphatic heterocycles. The smallest absolute Gasteiger partial charge is 0.261 e. The van der Waals surface area contributed by atoms with Gasteiger partial charge in [0.15, 0.2) is 11.5 Å². The first-order valence-electron chi connectivity index (χ1n) is 6.20. The molecule has 0 unspecified atom stereocenters. The van der Waals surface area contributed by atoms with Crippen LogP contribution in [0.25, 0.3) is 11.1 Å². The molecule has 2 aromatic carbocycles. The Bertz CT molecular complexity index is 899. The van der Waals surface area contributed by atoms with Gasteiger partial charge in [-0.15, -0.1) is 0 Å². The summed E-state index contributed by atoms with van der Waals surface area (Å²) in [7, 11) is -3.66. The van der Waals surface area contributed by atoms with Crippen LogP contribution < -0.4 is 10.5 Å². The molecule has 0 atom stereocenters. The number of nitrogen functional groups attached to an aromatic ring is 1. The van der Waals surface area contributed by atoms with Crippen LogP contribution in [0.2, 0.25) is 0 Å². The molecule has 0 radical (unpaired) electrons. The van der Waals surface area contributed by atoms with Crippen molar-refractivity contribution >= 4 is 32.5 Å². The highest BCUT2D eigenvalue weighted by molar-refractivity contribution is 7.92. The van der Waals surface area contributed by atoms with Gasteiger partial charge in [0.1, 0.15) is 5.52 Å². The first-order chi connectivity index (χ1) is 9.94. The zero-order valence-electron chi connectivity index (χ0n) is 11.2. The number of hydrogen-bond donors (Lipinski definition) is 2. The zero-order valence-corrected chi connectivity index (χ0v) is 12.0. The lowest BCUT2D eigenvalue weighted by Gasteiger charge is -2.08. The number of aromatic nitrogens is 1. The van der Waals surface area contributed by atoms with E-state index in [1.165, 1.54) is 12.1 Å². The van der Waals surface area contributed by atoms with E-state index in [-0.39, 0.29) is 4.90 Å². The van der Waals surface area contributed by atoms with Crippen LogP contribution >= 0.6 is 0 Å². The predicted octanol–water partition coefficient (Wildman–Crippen LogP) is 2.52. The van der Waals surface area contributed by atoms with Gasteiger partial charge in [0.05, 0.1) is 10.6 Å². The second-order valence-electron chi connectivity index (χ2n) is 4.59. The molecule has 3 rings (SSSR count). The van der Waals surface area contributed by atoms with E-state index in [1.54, 1.807) is 37.3 Å². The summed E-state index contributed by atoms with van der Waals surface area (Å²) in [6, 6.07) is 10.9. The van der Waals surface area contributed by atoms with Crippen molar-refractivity contribution in [3.05, 3.63) is 48.4 Å². The third kappa shape index (κ3) is 2.68. The van der Waals surface area contributed by atoms with E-state index >= 15 is 0 Å². The molecule has 108 valence electrons. The minimum Gasteiger partial charge on any atom is -0.441 e. The summed E-state index contributed by atoms with van der Waals surface area (Å²) in [6.07, 6.45) is 0. The summed E-state index contributed by atoms with van der Waals surface area (Å²) in [4.78, 5) is 4.32. The van der Waals surface area contributed by atoms with E-state index in [9.17, 15) is 8.42 Å². The number of rotatable bonds is 3. The fraction of sp³-hybridized carbons (Fsp3) is 0.0714. The van der Waals surface area contributed by atoms with Crippen LogP contribution in [-0.2, 0) is 10.0 Å². The Balaban J connectivity index is 1.94. The molecule has 0 bridgehead atoms. The fourth-order valence-corrected chi connectivity index (χ4v) is 3.02. The van der Waals surface area contributed by atoms with E-state index < -0.39 is 10.0 Å². The number of nitrogens with one attached hydrogen (secondary N) is 1. The highest BCUT2D eigenvalue weighted by Gasteiger charge is 2.14. The lowest BCUT2D eigenvalue weighted by molar-refractivity contribution is 0.561. The van der Waals surface area contributed by atoms with Gasteiger partial charge in [-0.05, 0) is 42.5 Å². The molecule has 6 nitrogen and oxygen atoms in total. The van der Waals surface area contributed by atoms with Crippen molar-refractivity contribution in [1.29, 1.82) is 0 Å². The van der Waals surface area contributed by atoms with Crippen LogP contribution in [-0.4, -0.2) is 13.4 Å². The van der Waals surface area contributed by atoms with Crippen molar-refractivity contribution in [3.63, 3.8) is 0 Å². The van der Waals surface area contributed by atoms with E-state index in [4.69, 9.17) is 10.2 Å². The van der Waals surface area contributed by atoms with E-state index in [0.29, 0.717) is 28.4 Å². The molecule has 1 aromatic heterocycles. The standard InChI is InChI=1S/C14H13N3O3S/c1-9-16-13-8-11(4-7-14(13)20-9)17-21(18,19)12-5-2-10(15)3-6-12/h2-8,17H,15H2,1H3. The SMILES string of the molecule is Cc1nc2cc(NS(=O)(=O)c3ccc(N)cc3)ccc2o1. The summed E-state index contributed by atoms with van der Waals surface area (Å²) in [5.74, 6) is 0.531. The van der Waals surface area contributed by atoms with Crippen LogP contribution in [0, 0.1) is 6.92 Å². The summed E-state index contributed by atoms with van der Waals surface area (Å²) in [5, 5.41) is 0. The molecule has 0 fully saturated rings. The molecule has 0 spiro atoms. The number of sulfonamides is 1. The maximum Gasteiger partial charge on any atom is 0.261 e. The predicted molar refractivity (Wildman–Crippen MR) is 80.4 cm³/mol. The van der Waals surface area contributed by atoms with Crippen molar-refractivity contribution in [3.8, 4) is 0 Å². The highest BCUT2D eigenvalue weighted by Crippen LogP contribution is 2.22. The van der Waals surface area contributed by atoms with Crippen molar-refractivity contribution in [2.45, 2.75) is 11.8 Å². The Kier molecular flexibility index (Phi) is 3.06. The molecular formula is C14H13N3O3S. The molecule has 0 saturated carbocycles. The van der Waals surface area contributed by atoms with E-state index in [2.05, 4.69) is 9.71 Å². The van der Waals surface area contributed by atoms with Gasteiger partial charge >= 0.3 is 0 Å². The minimum absolute atomic E-state index is 0.146. The topological polar surface area (TPSA) is 98.2 Å². The summed E-state index contributed by atoms with van der Waals surface area (Å²) in [6.45, 7) is 1.73. The maximum absolute atomic E-state index is 12.3. The second-order valence-corrected chi connectivity index (χ2v) is 6.27. The molecule has 1 heterocycles. The Labute approximate surface area is 121 Å². The molecule has 0 aliphatic rings. The fourth-order valence-electron chi connectivity index (χ4n) is 1.97. The van der Waals surface area contributed by atoms with Crippen LogP contribution in [0.5, 0.6) is 0 Å². The van der Waals surface area contributed by atoms with E-state index in [0.717, 1.165) is 0 Å². The van der Waals surface area contributed by atoms with Gasteiger partial charge in [0.25, 0.3) is 10.0 Å². The zero-order chi connectivity index (χ0) is 15.0. The lowest BCUT2D eigenvalue weighted by atomic mass is 10.3. The normalized spacial score (nSPS) is 11.7. The van der Waals surface area contributed by atoms with Gasteiger partial charge in [0, 0.05) is 12.6 Å². The van der Waals surface area contributed by atoms with Gasteiger partial charge in [-0.25, -0.2) is 13.4 Å². The number of aryl methyl sites for hydroxylation is 1. The van der Waals surface area contributed by atoms with Gasteiger partial charge in [-0.1, -0.05) is 0 Å². The van der Waals surface area contributed by atoms with Crippen LogP contribution in [0.1, 0.15) is 5.89 Å². The maximum atomic E-state index is 12.3. The van der Waals surface area contributed by atoms with E-state index in [1.807, 2.05) is 0 Å². The van der Waals surface area contributed by atoms with Crippen LogP contribution in [0.4, 0.5) is 11.4 Å². The molecule has 3 aromatic rings. The molecule has 7 heteroatoms.